The molecule has 31 heavy (non-hydrogen) atoms. The third-order valence-corrected chi connectivity index (χ3v) is 5.72. The van der Waals surface area contributed by atoms with Crippen LogP contribution >= 0.6 is 0 Å². The van der Waals surface area contributed by atoms with Gasteiger partial charge in [0.2, 0.25) is 5.88 Å². The number of hydrogen-bond donors (Lipinski definition) is 1. The maximum atomic E-state index is 5.90. The minimum atomic E-state index is -0.197. The second kappa shape index (κ2) is 8.75. The van der Waals surface area contributed by atoms with Crippen molar-refractivity contribution in [1.82, 2.24) is 19.9 Å². The van der Waals surface area contributed by atoms with Crippen molar-refractivity contribution in [2.45, 2.75) is 32.6 Å². The molecule has 0 spiro atoms. The van der Waals surface area contributed by atoms with Crippen LogP contribution in [0.25, 0.3) is 11.3 Å². The smallest absolute Gasteiger partial charge is 0.257 e. The molecule has 1 N–H and O–H groups in total. The highest BCUT2D eigenvalue weighted by Crippen LogP contribution is 2.40. The van der Waals surface area contributed by atoms with Crippen molar-refractivity contribution in [1.29, 1.82) is 0 Å². The van der Waals surface area contributed by atoms with Gasteiger partial charge in [0, 0.05) is 47.1 Å². The average Bonchev–Trinajstić information content (AvgIpc) is 2.82. The summed E-state index contributed by atoms with van der Waals surface area (Å²) in [5.41, 5.74) is 3.55. The number of rotatable bonds is 7. The summed E-state index contributed by atoms with van der Waals surface area (Å²) in [5.74, 6) is 2.66. The van der Waals surface area contributed by atoms with Crippen LogP contribution in [0.4, 0.5) is 5.82 Å². The highest BCUT2D eigenvalue weighted by atomic mass is 16.6. The number of nitrogens with zero attached hydrogens (tertiary/aromatic N) is 4. The fourth-order valence-corrected chi connectivity index (χ4v) is 3.65. The van der Waals surface area contributed by atoms with Crippen molar-refractivity contribution >= 4 is 5.82 Å². The Balaban J connectivity index is 1.56. The summed E-state index contributed by atoms with van der Waals surface area (Å²) in [6, 6.07) is 5.95. The standard InChI is InChI=1S/C23H27N5O3/c1-5-23(3,17-6-7-24-22-20(17)30-8-9-31-22)13-26-19-11-18(27-14-28-19)16-10-15(2)21(29-4)25-12-16/h6-7,10-12,14H,5,8-9,13H2,1-4H3,(H,26,27,28). The minimum Gasteiger partial charge on any atom is -0.484 e. The molecule has 8 nitrogen and oxygen atoms in total. The van der Waals surface area contributed by atoms with E-state index in [0.29, 0.717) is 31.5 Å². The summed E-state index contributed by atoms with van der Waals surface area (Å²) in [4.78, 5) is 17.5. The number of aromatic nitrogens is 4. The quantitative estimate of drug-likeness (QED) is 0.616. The molecule has 4 heterocycles. The van der Waals surface area contributed by atoms with E-state index in [1.54, 1.807) is 25.8 Å². The van der Waals surface area contributed by atoms with Crippen LogP contribution in [0.2, 0.25) is 0 Å². The number of anilines is 1. The van der Waals surface area contributed by atoms with E-state index in [0.717, 1.165) is 40.4 Å². The summed E-state index contributed by atoms with van der Waals surface area (Å²) >= 11 is 0. The second-order valence-electron chi connectivity index (χ2n) is 7.80. The zero-order valence-corrected chi connectivity index (χ0v) is 18.3. The Morgan fingerprint density at radius 3 is 2.74 bits per heavy atom. The number of hydrogen-bond acceptors (Lipinski definition) is 8. The molecule has 8 heteroatoms. The molecule has 0 fully saturated rings. The lowest BCUT2D eigenvalue weighted by Crippen LogP contribution is -2.32. The predicted molar refractivity (Wildman–Crippen MR) is 118 cm³/mol. The largest absolute Gasteiger partial charge is 0.484 e. The molecule has 1 aliphatic heterocycles. The number of pyridine rings is 2. The van der Waals surface area contributed by atoms with Crippen LogP contribution in [0.5, 0.6) is 17.5 Å². The molecule has 3 aromatic rings. The molecule has 0 saturated heterocycles. The normalized spacial score (nSPS) is 14.6. The first-order valence-corrected chi connectivity index (χ1v) is 10.4. The Morgan fingerprint density at radius 2 is 1.97 bits per heavy atom. The van der Waals surface area contributed by atoms with E-state index < -0.39 is 0 Å². The van der Waals surface area contributed by atoms with Crippen molar-refractivity contribution in [2.75, 3.05) is 32.2 Å². The van der Waals surface area contributed by atoms with E-state index in [9.17, 15) is 0 Å². The van der Waals surface area contributed by atoms with Crippen LogP contribution in [-0.4, -0.2) is 46.8 Å². The van der Waals surface area contributed by atoms with E-state index in [1.807, 2.05) is 25.1 Å². The van der Waals surface area contributed by atoms with Gasteiger partial charge in [-0.3, -0.25) is 0 Å². The maximum Gasteiger partial charge on any atom is 0.257 e. The lowest BCUT2D eigenvalue weighted by molar-refractivity contribution is 0.160. The molecule has 3 aromatic heterocycles. The van der Waals surface area contributed by atoms with Gasteiger partial charge in [0.15, 0.2) is 5.75 Å². The summed E-state index contributed by atoms with van der Waals surface area (Å²) in [6.07, 6.45) is 6.00. The van der Waals surface area contributed by atoms with Gasteiger partial charge in [-0.2, -0.15) is 0 Å². The third kappa shape index (κ3) is 4.23. The van der Waals surface area contributed by atoms with Crippen LogP contribution in [0.15, 0.2) is 36.9 Å². The van der Waals surface area contributed by atoms with E-state index in [4.69, 9.17) is 14.2 Å². The van der Waals surface area contributed by atoms with Crippen molar-refractivity contribution in [3.8, 4) is 28.8 Å². The van der Waals surface area contributed by atoms with Crippen molar-refractivity contribution in [2.24, 2.45) is 0 Å². The lowest BCUT2D eigenvalue weighted by Gasteiger charge is -2.32. The first kappa shape index (κ1) is 20.8. The topological polar surface area (TPSA) is 91.3 Å². The Labute approximate surface area is 182 Å². The van der Waals surface area contributed by atoms with Crippen molar-refractivity contribution in [3.05, 3.63) is 48.0 Å². The molecular weight excluding hydrogens is 394 g/mol. The maximum absolute atomic E-state index is 5.90. The van der Waals surface area contributed by atoms with Crippen molar-refractivity contribution < 1.29 is 14.2 Å². The van der Waals surface area contributed by atoms with Gasteiger partial charge < -0.3 is 19.5 Å². The van der Waals surface area contributed by atoms with Gasteiger partial charge in [-0.15, -0.1) is 0 Å². The predicted octanol–water partition coefficient (Wildman–Crippen LogP) is 3.80. The van der Waals surface area contributed by atoms with Crippen molar-refractivity contribution in [3.63, 3.8) is 0 Å². The van der Waals surface area contributed by atoms with Gasteiger partial charge in [0.25, 0.3) is 5.88 Å². The Morgan fingerprint density at radius 1 is 1.13 bits per heavy atom. The molecule has 4 rings (SSSR count). The fraction of sp³-hybridized carbons (Fsp3) is 0.391. The molecule has 0 aromatic carbocycles. The highest BCUT2D eigenvalue weighted by molar-refractivity contribution is 5.62. The molecule has 1 unspecified atom stereocenters. The molecule has 1 aliphatic rings. The van der Waals surface area contributed by atoms with Gasteiger partial charge >= 0.3 is 0 Å². The molecule has 1 atom stereocenters. The van der Waals surface area contributed by atoms with Gasteiger partial charge in [-0.25, -0.2) is 19.9 Å². The van der Waals surface area contributed by atoms with Gasteiger partial charge in [-0.1, -0.05) is 13.8 Å². The summed E-state index contributed by atoms with van der Waals surface area (Å²) in [6.45, 7) is 8.04. The summed E-state index contributed by atoms with van der Waals surface area (Å²) < 4.78 is 16.8. The molecule has 0 radical (unpaired) electrons. The van der Waals surface area contributed by atoms with Crippen LogP contribution in [0.1, 0.15) is 31.4 Å². The zero-order valence-electron chi connectivity index (χ0n) is 18.3. The SMILES string of the molecule is CCC(C)(CNc1cc(-c2cnc(OC)c(C)c2)ncn1)c1ccnc2c1OCCO2. The first-order chi connectivity index (χ1) is 15.0. The lowest BCUT2D eigenvalue weighted by atomic mass is 9.79. The Bertz CT molecular complexity index is 1070. The van der Waals surface area contributed by atoms with Crippen LogP contribution in [-0.2, 0) is 5.41 Å². The van der Waals surface area contributed by atoms with Gasteiger partial charge in [0.05, 0.1) is 12.8 Å². The molecule has 0 aliphatic carbocycles. The van der Waals surface area contributed by atoms with Crippen LogP contribution < -0.4 is 19.5 Å². The first-order valence-electron chi connectivity index (χ1n) is 10.4. The zero-order chi connectivity index (χ0) is 21.8. The Hall–Kier alpha value is -3.42. The molecule has 0 saturated carbocycles. The minimum absolute atomic E-state index is 0.197. The molecule has 0 bridgehead atoms. The monoisotopic (exact) mass is 421 g/mol. The second-order valence-corrected chi connectivity index (χ2v) is 7.80. The summed E-state index contributed by atoms with van der Waals surface area (Å²) in [5, 5.41) is 3.48. The van der Waals surface area contributed by atoms with Gasteiger partial charge in [-0.05, 0) is 25.5 Å². The number of methoxy groups -OCH3 is 1. The van der Waals surface area contributed by atoms with E-state index >= 15 is 0 Å². The van der Waals surface area contributed by atoms with Crippen LogP contribution in [0, 0.1) is 6.92 Å². The fourth-order valence-electron chi connectivity index (χ4n) is 3.65. The number of aryl methyl sites for hydroxylation is 1. The molecule has 0 amide bonds. The molecule has 162 valence electrons. The highest BCUT2D eigenvalue weighted by Gasteiger charge is 2.31. The third-order valence-electron chi connectivity index (χ3n) is 5.72. The van der Waals surface area contributed by atoms with Crippen LogP contribution in [0.3, 0.4) is 0 Å². The number of fused-ring (bicyclic) bond motifs is 1. The average molecular weight is 422 g/mol. The Kier molecular flexibility index (Phi) is 5.88. The molecular formula is C23H27N5O3. The number of ether oxygens (including phenoxy) is 3. The van der Waals surface area contributed by atoms with E-state index in [1.165, 1.54) is 0 Å². The van der Waals surface area contributed by atoms with E-state index in [2.05, 4.69) is 39.1 Å². The number of nitrogens with one attached hydrogen (secondary N) is 1. The summed E-state index contributed by atoms with van der Waals surface area (Å²) in [7, 11) is 1.61. The van der Waals surface area contributed by atoms with E-state index in [-0.39, 0.29) is 5.41 Å². The van der Waals surface area contributed by atoms with Gasteiger partial charge in [0.1, 0.15) is 25.4 Å².